The van der Waals surface area contributed by atoms with Crippen molar-refractivity contribution in [2.24, 2.45) is 0 Å². The van der Waals surface area contributed by atoms with Crippen LogP contribution in [-0.2, 0) is 6.42 Å². The molecule has 0 saturated carbocycles. The van der Waals surface area contributed by atoms with E-state index < -0.39 is 0 Å². The highest BCUT2D eigenvalue weighted by molar-refractivity contribution is 5.27. The summed E-state index contributed by atoms with van der Waals surface area (Å²) >= 11 is 0. The third kappa shape index (κ3) is 3.87. The number of piperidine rings is 1. The molecule has 1 aromatic carbocycles. The molecule has 2 rings (SSSR count). The molecule has 1 heterocycles. The first-order valence-corrected chi connectivity index (χ1v) is 8.66. The lowest BCUT2D eigenvalue weighted by Gasteiger charge is -2.46. The molecule has 0 aliphatic carbocycles. The van der Waals surface area contributed by atoms with E-state index >= 15 is 0 Å². The summed E-state index contributed by atoms with van der Waals surface area (Å²) in [6.45, 7) is 12.7. The molecule has 1 aliphatic rings. The Bertz CT molecular complexity index is 416. The number of nitrogens with one attached hydrogen (secondary N) is 1. The predicted octanol–water partition coefficient (Wildman–Crippen LogP) is 4.16. The number of likely N-dealkylation sites (tertiary alicyclic amines) is 1. The number of nitrogens with zero attached hydrogens (tertiary/aromatic N) is 1. The minimum Gasteiger partial charge on any atom is -0.309 e. The molecule has 2 heteroatoms. The average molecular weight is 288 g/mol. The summed E-state index contributed by atoms with van der Waals surface area (Å²) in [6.07, 6.45) is 5.19. The Balaban J connectivity index is 2.22. The molecular formula is C19H32N2. The van der Waals surface area contributed by atoms with Gasteiger partial charge in [-0.1, -0.05) is 44.5 Å². The van der Waals surface area contributed by atoms with Crippen LogP contribution in [0.15, 0.2) is 24.3 Å². The minimum atomic E-state index is 0.157. The molecule has 118 valence electrons. The zero-order chi connectivity index (χ0) is 15.3. The standard InChI is InChI=1S/C19H32N2/c1-5-16-10-12-17(13-11-16)18(20-6-2)19(3,4)21-14-8-7-9-15-21/h10-13,18,20H,5-9,14-15H2,1-4H3. The number of likely N-dealkylation sites (N-methyl/N-ethyl adjacent to an activating group) is 1. The van der Waals surface area contributed by atoms with Gasteiger partial charge in [-0.25, -0.2) is 0 Å². The van der Waals surface area contributed by atoms with Gasteiger partial charge in [0, 0.05) is 5.54 Å². The maximum absolute atomic E-state index is 3.73. The lowest BCUT2D eigenvalue weighted by atomic mass is 9.85. The number of aryl methyl sites for hydroxylation is 1. The zero-order valence-corrected chi connectivity index (χ0v) is 14.3. The van der Waals surface area contributed by atoms with Crippen molar-refractivity contribution < 1.29 is 0 Å². The van der Waals surface area contributed by atoms with Gasteiger partial charge in [-0.2, -0.15) is 0 Å². The van der Waals surface area contributed by atoms with Crippen LogP contribution in [0.4, 0.5) is 0 Å². The van der Waals surface area contributed by atoms with E-state index in [9.17, 15) is 0 Å². The molecule has 1 atom stereocenters. The second-order valence-electron chi connectivity index (χ2n) is 6.79. The van der Waals surface area contributed by atoms with Gasteiger partial charge >= 0.3 is 0 Å². The first kappa shape index (κ1) is 16.5. The van der Waals surface area contributed by atoms with Crippen molar-refractivity contribution >= 4 is 0 Å². The van der Waals surface area contributed by atoms with Crippen LogP contribution in [0.5, 0.6) is 0 Å². The average Bonchev–Trinajstić information content (AvgIpc) is 2.53. The van der Waals surface area contributed by atoms with Gasteiger partial charge in [-0.3, -0.25) is 4.90 Å². The normalized spacial score (nSPS) is 18.7. The second-order valence-corrected chi connectivity index (χ2v) is 6.79. The summed E-state index contributed by atoms with van der Waals surface area (Å²) in [7, 11) is 0. The smallest absolute Gasteiger partial charge is 0.0501 e. The van der Waals surface area contributed by atoms with Crippen LogP contribution in [0, 0.1) is 0 Å². The number of hydrogen-bond donors (Lipinski definition) is 1. The molecular weight excluding hydrogens is 256 g/mol. The number of rotatable bonds is 6. The van der Waals surface area contributed by atoms with Gasteiger partial charge in [0.2, 0.25) is 0 Å². The fraction of sp³-hybridized carbons (Fsp3) is 0.684. The van der Waals surface area contributed by atoms with E-state index in [2.05, 4.69) is 62.2 Å². The molecule has 1 aromatic rings. The SMILES string of the molecule is CCNC(c1ccc(CC)cc1)C(C)(C)N1CCCCC1. The Morgan fingerprint density at radius 2 is 1.67 bits per heavy atom. The van der Waals surface area contributed by atoms with Crippen LogP contribution < -0.4 is 5.32 Å². The molecule has 1 N–H and O–H groups in total. The van der Waals surface area contributed by atoms with Crippen LogP contribution in [-0.4, -0.2) is 30.1 Å². The molecule has 2 nitrogen and oxygen atoms in total. The molecule has 0 bridgehead atoms. The lowest BCUT2D eigenvalue weighted by molar-refractivity contribution is 0.0613. The Morgan fingerprint density at radius 3 is 2.19 bits per heavy atom. The Morgan fingerprint density at radius 1 is 1.05 bits per heavy atom. The van der Waals surface area contributed by atoms with Crippen molar-refractivity contribution in [3.05, 3.63) is 35.4 Å². The first-order valence-electron chi connectivity index (χ1n) is 8.66. The van der Waals surface area contributed by atoms with Gasteiger partial charge in [0.15, 0.2) is 0 Å². The largest absolute Gasteiger partial charge is 0.309 e. The van der Waals surface area contributed by atoms with E-state index in [0.29, 0.717) is 6.04 Å². The van der Waals surface area contributed by atoms with E-state index in [-0.39, 0.29) is 5.54 Å². The van der Waals surface area contributed by atoms with Crippen LogP contribution in [0.2, 0.25) is 0 Å². The van der Waals surface area contributed by atoms with Crippen molar-refractivity contribution in [1.82, 2.24) is 10.2 Å². The third-order valence-corrected chi connectivity index (χ3v) is 5.01. The molecule has 0 aromatic heterocycles. The summed E-state index contributed by atoms with van der Waals surface area (Å²) in [4.78, 5) is 2.68. The van der Waals surface area contributed by atoms with Crippen molar-refractivity contribution in [2.45, 2.75) is 65.0 Å². The van der Waals surface area contributed by atoms with Crippen LogP contribution in [0.25, 0.3) is 0 Å². The minimum absolute atomic E-state index is 0.157. The van der Waals surface area contributed by atoms with E-state index in [1.165, 1.54) is 43.5 Å². The van der Waals surface area contributed by atoms with Crippen molar-refractivity contribution in [2.75, 3.05) is 19.6 Å². The van der Waals surface area contributed by atoms with Crippen molar-refractivity contribution in [3.63, 3.8) is 0 Å². The quantitative estimate of drug-likeness (QED) is 0.845. The summed E-state index contributed by atoms with van der Waals surface area (Å²) in [6, 6.07) is 9.60. The topological polar surface area (TPSA) is 15.3 Å². The van der Waals surface area contributed by atoms with Gasteiger partial charge in [0.05, 0.1) is 6.04 Å². The van der Waals surface area contributed by atoms with Crippen LogP contribution in [0.3, 0.4) is 0 Å². The molecule has 1 aliphatic heterocycles. The Hall–Kier alpha value is -0.860. The summed E-state index contributed by atoms with van der Waals surface area (Å²) in [5.74, 6) is 0. The summed E-state index contributed by atoms with van der Waals surface area (Å²) < 4.78 is 0. The Kier molecular flexibility index (Phi) is 5.83. The van der Waals surface area contributed by atoms with Crippen molar-refractivity contribution in [1.29, 1.82) is 0 Å². The second kappa shape index (κ2) is 7.42. The van der Waals surface area contributed by atoms with Crippen LogP contribution in [0.1, 0.15) is 64.1 Å². The van der Waals surface area contributed by atoms with E-state index in [4.69, 9.17) is 0 Å². The maximum atomic E-state index is 3.73. The molecule has 1 fully saturated rings. The number of benzene rings is 1. The van der Waals surface area contributed by atoms with Gasteiger partial charge in [-0.15, -0.1) is 0 Å². The molecule has 1 unspecified atom stereocenters. The van der Waals surface area contributed by atoms with Gasteiger partial charge in [0.25, 0.3) is 0 Å². The van der Waals surface area contributed by atoms with E-state index in [1.807, 2.05) is 0 Å². The van der Waals surface area contributed by atoms with Gasteiger partial charge < -0.3 is 5.32 Å². The van der Waals surface area contributed by atoms with Crippen LogP contribution >= 0.6 is 0 Å². The molecule has 0 spiro atoms. The maximum Gasteiger partial charge on any atom is 0.0501 e. The van der Waals surface area contributed by atoms with E-state index in [1.54, 1.807) is 0 Å². The monoisotopic (exact) mass is 288 g/mol. The van der Waals surface area contributed by atoms with Gasteiger partial charge in [-0.05, 0) is 63.9 Å². The molecule has 1 saturated heterocycles. The number of hydrogen-bond acceptors (Lipinski definition) is 2. The first-order chi connectivity index (χ1) is 10.1. The highest BCUT2D eigenvalue weighted by Crippen LogP contribution is 2.33. The molecule has 0 radical (unpaired) electrons. The fourth-order valence-electron chi connectivity index (χ4n) is 3.58. The molecule has 21 heavy (non-hydrogen) atoms. The summed E-state index contributed by atoms with van der Waals surface area (Å²) in [5.41, 5.74) is 3.00. The van der Waals surface area contributed by atoms with E-state index in [0.717, 1.165) is 13.0 Å². The lowest BCUT2D eigenvalue weighted by Crippen LogP contribution is -2.54. The van der Waals surface area contributed by atoms with Gasteiger partial charge in [0.1, 0.15) is 0 Å². The third-order valence-electron chi connectivity index (χ3n) is 5.01. The van der Waals surface area contributed by atoms with Crippen molar-refractivity contribution in [3.8, 4) is 0 Å². The zero-order valence-electron chi connectivity index (χ0n) is 14.3. The molecule has 0 amide bonds. The highest BCUT2D eigenvalue weighted by Gasteiger charge is 2.36. The summed E-state index contributed by atoms with van der Waals surface area (Å²) in [5, 5.41) is 3.73. The fourth-order valence-corrected chi connectivity index (χ4v) is 3.58. The highest BCUT2D eigenvalue weighted by atomic mass is 15.2. The Labute approximate surface area is 130 Å². The predicted molar refractivity (Wildman–Crippen MR) is 91.7 cm³/mol.